The van der Waals surface area contributed by atoms with Crippen LogP contribution in [0.2, 0.25) is 0 Å². The highest BCUT2D eigenvalue weighted by Crippen LogP contribution is 2.22. The van der Waals surface area contributed by atoms with E-state index < -0.39 is 127 Å². The molecule has 0 bridgehead atoms. The van der Waals surface area contributed by atoms with Gasteiger partial charge in [0.15, 0.2) is 0 Å². The largest absolute Gasteiger partial charge is 0.399 e. The average molecular weight is 1090 g/mol. The van der Waals surface area contributed by atoms with Crippen LogP contribution in [-0.2, 0) is 56.0 Å². The summed E-state index contributed by atoms with van der Waals surface area (Å²) in [6.07, 6.45) is 3.58. The highest BCUT2D eigenvalue weighted by atomic mass is 32.2. The zero-order valence-electron chi connectivity index (χ0n) is 44.1. The van der Waals surface area contributed by atoms with Crippen LogP contribution in [0.1, 0.15) is 68.9 Å². The van der Waals surface area contributed by atoms with Crippen molar-refractivity contribution in [1.29, 1.82) is 0 Å². The lowest BCUT2D eigenvalue weighted by molar-refractivity contribution is -0.139. The molecule has 0 saturated carbocycles. The maximum atomic E-state index is 14.5. The van der Waals surface area contributed by atoms with Gasteiger partial charge in [0.05, 0.1) is 19.7 Å². The second kappa shape index (κ2) is 30.0. The number of para-hydroxylation sites is 1. The lowest BCUT2D eigenvalue weighted by atomic mass is 9.98. The third-order valence-electron chi connectivity index (χ3n) is 12.3. The van der Waals surface area contributed by atoms with Crippen LogP contribution in [0.15, 0.2) is 85.1 Å². The Balaban J connectivity index is 1.46. The van der Waals surface area contributed by atoms with Crippen molar-refractivity contribution in [3.8, 4) is 0 Å². The summed E-state index contributed by atoms with van der Waals surface area (Å²) in [4.78, 5) is 140. The zero-order chi connectivity index (χ0) is 56.9. The molecule has 23 nitrogen and oxygen atoms in total. The minimum absolute atomic E-state index is 0.00813. The SMILES string of the molecule is CSCC[C@H](NC(=O)[C@H](Cc1ccccc1)NC(=O)[C@H](CO)NC(=O)CNC(=O)[C@@H](NC(=O)[C@H](C)NC(=O)[C@H](Cc1c[nH]c2ccccc12)NC(=O)[C@H](CC(C)C)N(C(=O)CN)C(=O)c1ccc(N)cc1)C(C)C)C(N)=O. The number of carbonyl (C=O) groups excluding carboxylic acids is 10. The van der Waals surface area contributed by atoms with Gasteiger partial charge in [0.2, 0.25) is 53.2 Å². The lowest BCUT2D eigenvalue weighted by Gasteiger charge is -2.32. The molecule has 0 aliphatic carbocycles. The summed E-state index contributed by atoms with van der Waals surface area (Å²) in [5.41, 5.74) is 19.6. The van der Waals surface area contributed by atoms with Gasteiger partial charge in [0.1, 0.15) is 42.3 Å². The molecule has 0 radical (unpaired) electrons. The second-order valence-electron chi connectivity index (χ2n) is 19.1. The number of aliphatic hydroxyl groups is 1. The molecule has 1 aromatic heterocycles. The van der Waals surface area contributed by atoms with Crippen LogP contribution in [0, 0.1) is 11.8 Å². The van der Waals surface area contributed by atoms with Crippen LogP contribution >= 0.6 is 11.8 Å². The van der Waals surface area contributed by atoms with E-state index in [1.54, 1.807) is 70.3 Å². The Morgan fingerprint density at radius 2 is 1.27 bits per heavy atom. The number of aliphatic hydroxyl groups excluding tert-OH is 1. The number of nitrogens with zero attached hydrogens (tertiary/aromatic N) is 1. The van der Waals surface area contributed by atoms with Crippen LogP contribution in [0.3, 0.4) is 0 Å². The van der Waals surface area contributed by atoms with Gasteiger partial charge < -0.3 is 64.5 Å². The molecular weight excluding hydrogens is 1010 g/mol. The Morgan fingerprint density at radius 3 is 1.88 bits per heavy atom. The summed E-state index contributed by atoms with van der Waals surface area (Å²) in [6, 6.07) is 12.4. The number of aromatic nitrogens is 1. The number of hydrogen-bond acceptors (Lipinski definition) is 14. The molecule has 416 valence electrons. The minimum atomic E-state index is -1.59. The Kier molecular flexibility index (Phi) is 24.1. The van der Waals surface area contributed by atoms with E-state index in [9.17, 15) is 53.1 Å². The minimum Gasteiger partial charge on any atom is -0.399 e. The Bertz CT molecular complexity index is 2700. The van der Waals surface area contributed by atoms with Crippen molar-refractivity contribution >= 4 is 87.4 Å². The molecule has 0 saturated heterocycles. The fourth-order valence-electron chi connectivity index (χ4n) is 8.10. The number of carbonyl (C=O) groups is 10. The van der Waals surface area contributed by atoms with Gasteiger partial charge in [-0.2, -0.15) is 11.8 Å². The molecule has 24 heteroatoms. The van der Waals surface area contributed by atoms with Gasteiger partial charge in [-0.15, -0.1) is 0 Å². The number of imide groups is 1. The summed E-state index contributed by atoms with van der Waals surface area (Å²) in [5.74, 6) is -8.63. The second-order valence-corrected chi connectivity index (χ2v) is 20.1. The van der Waals surface area contributed by atoms with Crippen molar-refractivity contribution < 1.29 is 53.1 Å². The number of nitrogens with two attached hydrogens (primary N) is 3. The van der Waals surface area contributed by atoms with Crippen molar-refractivity contribution in [3.05, 3.63) is 102 Å². The summed E-state index contributed by atoms with van der Waals surface area (Å²) in [5, 5.41) is 28.7. The number of thioether (sulfide) groups is 1. The third kappa shape index (κ3) is 18.5. The maximum absolute atomic E-state index is 14.5. The fraction of sp³-hybridized carbons (Fsp3) is 0.434. The Labute approximate surface area is 451 Å². The fourth-order valence-corrected chi connectivity index (χ4v) is 8.57. The van der Waals surface area contributed by atoms with E-state index in [-0.39, 0.29) is 37.2 Å². The summed E-state index contributed by atoms with van der Waals surface area (Å²) >= 11 is 1.44. The van der Waals surface area contributed by atoms with Gasteiger partial charge in [-0.1, -0.05) is 76.2 Å². The van der Waals surface area contributed by atoms with Gasteiger partial charge in [-0.3, -0.25) is 52.8 Å². The number of H-pyrrole nitrogens is 1. The van der Waals surface area contributed by atoms with Crippen molar-refractivity contribution in [1.82, 2.24) is 47.1 Å². The number of aromatic amines is 1. The van der Waals surface area contributed by atoms with Crippen LogP contribution in [0.4, 0.5) is 5.69 Å². The van der Waals surface area contributed by atoms with Crippen molar-refractivity contribution in [2.45, 2.75) is 103 Å². The quantitative estimate of drug-likeness (QED) is 0.0306. The van der Waals surface area contributed by atoms with Crippen LogP contribution in [0.5, 0.6) is 0 Å². The molecule has 0 unspecified atom stereocenters. The predicted molar refractivity (Wildman–Crippen MR) is 291 cm³/mol. The molecule has 15 N–H and O–H groups in total. The monoisotopic (exact) mass is 1080 g/mol. The maximum Gasteiger partial charge on any atom is 0.261 e. The highest BCUT2D eigenvalue weighted by Gasteiger charge is 2.38. The number of fused-ring (bicyclic) bond motifs is 1. The first kappa shape index (κ1) is 61.7. The molecule has 0 aliphatic heterocycles. The number of rotatable bonds is 29. The summed E-state index contributed by atoms with van der Waals surface area (Å²) in [7, 11) is 0. The molecule has 4 rings (SSSR count). The molecule has 3 aromatic carbocycles. The summed E-state index contributed by atoms with van der Waals surface area (Å²) in [6.45, 7) is 5.93. The number of nitrogens with one attached hydrogen (secondary N) is 8. The smallest absolute Gasteiger partial charge is 0.261 e. The van der Waals surface area contributed by atoms with E-state index in [4.69, 9.17) is 17.2 Å². The molecule has 10 amide bonds. The van der Waals surface area contributed by atoms with E-state index >= 15 is 0 Å². The number of hydrogen-bond donors (Lipinski definition) is 12. The third-order valence-corrected chi connectivity index (χ3v) is 12.9. The number of primary amides is 1. The first-order chi connectivity index (χ1) is 36.6. The number of anilines is 1. The summed E-state index contributed by atoms with van der Waals surface area (Å²) < 4.78 is 0. The Hall–Kier alpha value is -7.83. The van der Waals surface area contributed by atoms with Gasteiger partial charge in [0.25, 0.3) is 5.91 Å². The van der Waals surface area contributed by atoms with Crippen molar-refractivity contribution in [2.24, 2.45) is 23.3 Å². The van der Waals surface area contributed by atoms with Gasteiger partial charge in [0, 0.05) is 41.2 Å². The lowest BCUT2D eigenvalue weighted by Crippen LogP contribution is -2.60. The van der Waals surface area contributed by atoms with Crippen LogP contribution in [-0.4, -0.2) is 148 Å². The molecule has 0 fully saturated rings. The average Bonchev–Trinajstić information content (AvgIpc) is 3.81. The number of nitrogen functional groups attached to an aromatic ring is 1. The molecule has 77 heavy (non-hydrogen) atoms. The van der Waals surface area contributed by atoms with E-state index in [0.29, 0.717) is 22.6 Å². The van der Waals surface area contributed by atoms with Crippen molar-refractivity contribution in [2.75, 3.05) is 37.4 Å². The molecule has 1 heterocycles. The molecule has 0 aliphatic rings. The Morgan fingerprint density at radius 1 is 0.675 bits per heavy atom. The van der Waals surface area contributed by atoms with Gasteiger partial charge in [-0.05, 0) is 85.1 Å². The van der Waals surface area contributed by atoms with Crippen LogP contribution in [0.25, 0.3) is 10.9 Å². The predicted octanol–water partition coefficient (Wildman–Crippen LogP) is -0.491. The molecule has 4 aromatic rings. The topological polar surface area (TPSA) is 372 Å². The molecular formula is C53H72N12O11S. The number of amides is 10. The van der Waals surface area contributed by atoms with E-state index in [1.165, 1.54) is 43.0 Å². The van der Waals surface area contributed by atoms with E-state index in [0.717, 1.165) is 15.8 Å². The van der Waals surface area contributed by atoms with E-state index in [1.807, 2.05) is 24.5 Å². The molecule has 0 spiro atoms. The first-order valence-corrected chi connectivity index (χ1v) is 26.5. The normalized spacial score (nSPS) is 13.9. The highest BCUT2D eigenvalue weighted by molar-refractivity contribution is 7.98. The zero-order valence-corrected chi connectivity index (χ0v) is 44.9. The van der Waals surface area contributed by atoms with Crippen molar-refractivity contribution in [3.63, 3.8) is 0 Å². The standard InChI is InChI=1S/C53H72N12O11S/c1-29(2)22-42(65(44(68)25-54)53(76)33-16-18-35(55)19-17-33)51(74)63-40(24-34-26-57-37-15-11-10-14-36(34)37)48(71)59-31(5)47(70)64-45(30(3)4)52(75)58-27-43(67)60-41(28-66)50(73)62-39(23-32-12-8-7-9-13-32)49(72)61-38(46(56)69)20-21-77-6/h7-19,26,29-31,38-42,45,57,66H,20-25,27-28,54-55H2,1-6H3,(H2,56,69)(H,58,75)(H,59,71)(H,60,67)(H,61,72)(H,62,73)(H,63,74)(H,64,70)/t31-,38-,39-,40-,41-,42-,45-/m0/s1. The van der Waals surface area contributed by atoms with Crippen LogP contribution < -0.4 is 54.4 Å². The number of benzene rings is 3. The molecule has 7 atom stereocenters. The van der Waals surface area contributed by atoms with Gasteiger partial charge in [-0.25, -0.2) is 0 Å². The van der Waals surface area contributed by atoms with E-state index in [2.05, 4.69) is 42.2 Å². The first-order valence-electron chi connectivity index (χ1n) is 25.1. The van der Waals surface area contributed by atoms with Gasteiger partial charge >= 0.3 is 0 Å².